The summed E-state index contributed by atoms with van der Waals surface area (Å²) in [6.45, 7) is 19.7. The van der Waals surface area contributed by atoms with Gasteiger partial charge in [-0.25, -0.2) is 14.4 Å². The molecule has 95 heavy (non-hydrogen) atoms. The number of aliphatic hydroxyl groups is 3. The van der Waals surface area contributed by atoms with Crippen molar-refractivity contribution in [3.63, 3.8) is 0 Å². The van der Waals surface area contributed by atoms with Crippen LogP contribution in [0.5, 0.6) is 5.75 Å². The third kappa shape index (κ3) is 17.1. The zero-order chi connectivity index (χ0) is 68.2. The first-order valence-electron chi connectivity index (χ1n) is 33.8. The van der Waals surface area contributed by atoms with Crippen molar-refractivity contribution < 1.29 is 86.7 Å². The molecule has 9 unspecified atom stereocenters. The van der Waals surface area contributed by atoms with E-state index in [0.29, 0.717) is 50.7 Å². The van der Waals surface area contributed by atoms with Crippen LogP contribution in [0, 0.1) is 52.3 Å². The second-order valence-electron chi connectivity index (χ2n) is 27.7. The normalized spacial score (nSPS) is 31.1. The van der Waals surface area contributed by atoms with E-state index in [1.165, 1.54) is 37.0 Å². The summed E-state index contributed by atoms with van der Waals surface area (Å²) in [6.07, 6.45) is 1.78. The number of methoxy groups -OCH3 is 1. The number of carbonyl (C=O) groups is 6. The molecule has 4 aliphatic carbocycles. The molecule has 21 heteroatoms. The molecule has 518 valence electrons. The third-order valence-corrected chi connectivity index (χ3v) is 21.4. The van der Waals surface area contributed by atoms with Crippen molar-refractivity contribution in [2.45, 2.75) is 193 Å². The Morgan fingerprint density at radius 1 is 0.716 bits per heavy atom. The van der Waals surface area contributed by atoms with E-state index in [1.54, 1.807) is 31.2 Å². The number of amides is 3. The van der Waals surface area contributed by atoms with Crippen LogP contribution >= 0.6 is 0 Å². The predicted molar refractivity (Wildman–Crippen MR) is 351 cm³/mol. The molecule has 0 aromatic heterocycles. The Balaban J connectivity index is 0.883. The van der Waals surface area contributed by atoms with Gasteiger partial charge in [0.15, 0.2) is 18.7 Å². The molecule has 0 radical (unpaired) electrons. The van der Waals surface area contributed by atoms with Crippen LogP contribution < -0.4 is 20.7 Å². The average Bonchev–Trinajstić information content (AvgIpc) is 1.57. The number of aliphatic hydroxyl groups excluding tert-OH is 2. The van der Waals surface area contributed by atoms with E-state index in [1.807, 2.05) is 43.3 Å². The van der Waals surface area contributed by atoms with Gasteiger partial charge in [-0.3, -0.25) is 14.4 Å². The Morgan fingerprint density at radius 2 is 1.34 bits per heavy atom. The predicted octanol–water partition coefficient (Wildman–Crippen LogP) is 9.70. The van der Waals surface area contributed by atoms with Gasteiger partial charge >= 0.3 is 24.1 Å². The molecule has 6 aliphatic rings. The summed E-state index contributed by atoms with van der Waals surface area (Å²) in [6, 6.07) is 21.2. The van der Waals surface area contributed by atoms with Gasteiger partial charge in [-0.05, 0) is 127 Å². The Morgan fingerprint density at radius 3 is 1.99 bits per heavy atom. The number of hydrogen-bond donors (Lipinski definition) is 6. The highest BCUT2D eigenvalue weighted by Gasteiger charge is 2.70. The monoisotopic (exact) mass is 1320 g/mol. The maximum atomic E-state index is 14.5. The lowest BCUT2D eigenvalue weighted by atomic mass is 9.46. The number of aryl methyl sites for hydroxylation is 1. The van der Waals surface area contributed by atoms with Crippen molar-refractivity contribution >= 4 is 35.8 Å². The standard InChI is InChI=1S/C74H99N3O18/c1-10-34-88-64(82)29-21-47-13-15-49(16-14-47)41-77-71(85)92-54-30-32-72(7)52(36-54)24-27-55-57(72)31-33-73(8)58(55)38-62(74(73,86)46(6)59(78)28-12-44(3)4)93-68-45(5)65(61(80)43-90-68)95-69-66(94-67(83)51-22-25-53(87-9)26-23-51)56(60(79)42-91-69)37-63(81)75-39-48-17-19-50(20-18-48)40-76-70(84)89-35-11-2/h10-11,13-20,22-26,44-46,54-58,60-62,65-66,68-69,79-80,86H,1-2,12,21,27-43H2,3-9H3,(H,75,81)(H,76,84)(H,77,85)/t45?,46-,54+,55-,56?,57?,58+,60?,61?,62+,65?,66?,68?,69?,72+,73+,74-/m1/s1. The molecule has 3 aromatic rings. The summed E-state index contributed by atoms with van der Waals surface area (Å²) in [5.41, 5.74) is 2.29. The lowest BCUT2D eigenvalue weighted by Gasteiger charge is -2.59. The first-order valence-corrected chi connectivity index (χ1v) is 33.8. The first kappa shape index (κ1) is 72.3. The number of carbonyl (C=O) groups excluding carboxylic acids is 6. The second kappa shape index (κ2) is 32.4. The minimum absolute atomic E-state index is 0.0410. The van der Waals surface area contributed by atoms with Gasteiger partial charge in [-0.2, -0.15) is 0 Å². The average molecular weight is 1320 g/mol. The molecule has 6 N–H and O–H groups in total. The summed E-state index contributed by atoms with van der Waals surface area (Å²) in [5, 5.41) is 45.8. The van der Waals surface area contributed by atoms with Crippen molar-refractivity contribution in [1.29, 1.82) is 0 Å². The van der Waals surface area contributed by atoms with Crippen LogP contribution in [0.25, 0.3) is 0 Å². The number of Topliss-reactive ketones (excluding diaryl/α,β-unsaturated/α-hetero) is 1. The van der Waals surface area contributed by atoms with Crippen molar-refractivity contribution in [2.24, 2.45) is 52.3 Å². The Labute approximate surface area is 558 Å². The number of esters is 2. The van der Waals surface area contributed by atoms with E-state index in [0.717, 1.165) is 41.5 Å². The minimum Gasteiger partial charge on any atom is -0.497 e. The molecule has 2 aliphatic heterocycles. The quantitative estimate of drug-likeness (QED) is 0.0224. The number of ether oxygens (including phenoxy) is 9. The molecule has 2 heterocycles. The van der Waals surface area contributed by atoms with Gasteiger partial charge in [0.2, 0.25) is 5.91 Å². The second-order valence-corrected chi connectivity index (χ2v) is 27.7. The fourth-order valence-corrected chi connectivity index (χ4v) is 15.8. The number of benzene rings is 3. The summed E-state index contributed by atoms with van der Waals surface area (Å²) in [7, 11) is 1.50. The zero-order valence-corrected chi connectivity index (χ0v) is 56.1. The van der Waals surface area contributed by atoms with Crippen molar-refractivity contribution in [3.8, 4) is 5.75 Å². The molecule has 17 atom stereocenters. The van der Waals surface area contributed by atoms with Crippen LogP contribution in [0.4, 0.5) is 9.59 Å². The van der Waals surface area contributed by atoms with Crippen molar-refractivity contribution in [3.05, 3.63) is 138 Å². The zero-order valence-electron chi connectivity index (χ0n) is 56.1. The number of rotatable bonds is 28. The highest BCUT2D eigenvalue weighted by Crippen LogP contribution is 2.69. The highest BCUT2D eigenvalue weighted by molar-refractivity contribution is 5.89. The minimum atomic E-state index is -1.64. The Bertz CT molecular complexity index is 3170. The van der Waals surface area contributed by atoms with E-state index >= 15 is 0 Å². The molecule has 5 fully saturated rings. The third-order valence-electron chi connectivity index (χ3n) is 21.4. The Hall–Kier alpha value is -6.98. The van der Waals surface area contributed by atoms with Crippen LogP contribution in [0.15, 0.2) is 110 Å². The maximum absolute atomic E-state index is 14.5. The van der Waals surface area contributed by atoms with Gasteiger partial charge in [0.1, 0.15) is 42.6 Å². The molecule has 2 saturated heterocycles. The number of nitrogens with one attached hydrogen (secondary N) is 3. The molecule has 9 rings (SSSR count). The lowest BCUT2D eigenvalue weighted by molar-refractivity contribution is -0.330. The van der Waals surface area contributed by atoms with E-state index in [4.69, 9.17) is 42.6 Å². The fourth-order valence-electron chi connectivity index (χ4n) is 15.8. The lowest BCUT2D eigenvalue weighted by Crippen LogP contribution is -2.62. The number of allylic oxidation sites excluding steroid dienone is 1. The summed E-state index contributed by atoms with van der Waals surface area (Å²) in [4.78, 5) is 79.7. The van der Waals surface area contributed by atoms with Crippen LogP contribution in [-0.4, -0.2) is 139 Å². The van der Waals surface area contributed by atoms with Gasteiger partial charge in [-0.1, -0.05) is 127 Å². The van der Waals surface area contributed by atoms with Gasteiger partial charge in [0.05, 0.1) is 44.2 Å². The molecule has 0 spiro atoms. The molecule has 3 amide bonds. The molecular weight excluding hydrogens is 1220 g/mol. The van der Waals surface area contributed by atoms with E-state index in [-0.39, 0.29) is 111 Å². The summed E-state index contributed by atoms with van der Waals surface area (Å²) < 4.78 is 54.1. The van der Waals surface area contributed by atoms with Gasteiger partial charge < -0.3 is 73.9 Å². The SMILES string of the molecule is C=CCOC(=O)CCc1ccc(CNC(=O)O[C@H]2CC[C@@]3(C)C(=CC[C@@H]4C3CC[C@@]3(C)[C@H]4C[C@H](OC4OCC(O)C(OC5OCC(O)C(CC(=O)NCc6ccc(CNC(=O)OCC=C)cc6)C5OC(=O)c5ccc(OC)cc5)C4C)[C@]3(O)[C@H](C)C(=O)CCC(C)C)C2)cc1. The van der Waals surface area contributed by atoms with Crippen LogP contribution in [0.1, 0.15) is 145 Å². The largest absolute Gasteiger partial charge is 0.497 e. The number of hydrogen-bond acceptors (Lipinski definition) is 18. The van der Waals surface area contributed by atoms with Crippen LogP contribution in [0.3, 0.4) is 0 Å². The van der Waals surface area contributed by atoms with Gasteiger partial charge in [0.25, 0.3) is 0 Å². The first-order chi connectivity index (χ1) is 45.5. The highest BCUT2D eigenvalue weighted by atomic mass is 16.7. The Kier molecular flexibility index (Phi) is 24.6. The smallest absolute Gasteiger partial charge is 0.407 e. The fraction of sp³-hybridized carbons (Fsp3) is 0.595. The summed E-state index contributed by atoms with van der Waals surface area (Å²) in [5.74, 6) is -3.12. The maximum Gasteiger partial charge on any atom is 0.407 e. The number of alkyl carbamates (subject to hydrolysis) is 2. The van der Waals surface area contributed by atoms with Gasteiger partial charge in [0, 0.05) is 68.5 Å². The molecule has 3 aromatic carbocycles. The van der Waals surface area contributed by atoms with Crippen LogP contribution in [0.2, 0.25) is 0 Å². The van der Waals surface area contributed by atoms with E-state index < -0.39 is 95.9 Å². The molecule has 0 bridgehead atoms. The number of ketones is 1. The van der Waals surface area contributed by atoms with Crippen molar-refractivity contribution in [1.82, 2.24) is 16.0 Å². The van der Waals surface area contributed by atoms with E-state index in [9.17, 15) is 44.1 Å². The van der Waals surface area contributed by atoms with Gasteiger partial charge in [-0.15, -0.1) is 0 Å². The molecule has 21 nitrogen and oxygen atoms in total. The summed E-state index contributed by atoms with van der Waals surface area (Å²) >= 11 is 0. The number of fused-ring (bicyclic) bond motifs is 5. The molecular formula is C74H99N3O18. The molecule has 3 saturated carbocycles. The van der Waals surface area contributed by atoms with Crippen LogP contribution in [-0.2, 0) is 78.3 Å². The topological polar surface area (TPSA) is 282 Å². The van der Waals surface area contributed by atoms with E-state index in [2.05, 4.69) is 62.9 Å². The van der Waals surface area contributed by atoms with Crippen molar-refractivity contribution in [2.75, 3.05) is 33.5 Å².